The number of hydrogen-bond donors (Lipinski definition) is 2. The average molecular weight is 217 g/mol. The Kier molecular flexibility index (Phi) is 2.02. The Morgan fingerprint density at radius 1 is 1.50 bits per heavy atom. The van der Waals surface area contributed by atoms with Crippen LogP contribution >= 0.6 is 0 Å². The Balaban J connectivity index is 1.93. The highest BCUT2D eigenvalue weighted by Gasteiger charge is 2.34. The van der Waals surface area contributed by atoms with Crippen molar-refractivity contribution in [1.82, 2.24) is 14.9 Å². The van der Waals surface area contributed by atoms with E-state index in [-0.39, 0.29) is 0 Å². The fourth-order valence-electron chi connectivity index (χ4n) is 2.21. The molecule has 1 saturated heterocycles. The number of imidazole rings is 1. The minimum Gasteiger partial charge on any atom is -0.387 e. The summed E-state index contributed by atoms with van der Waals surface area (Å²) in [4.78, 5) is 4.32. The number of aromatic nitrogens is 2. The summed E-state index contributed by atoms with van der Waals surface area (Å²) in [6.45, 7) is 1.38. The second-order valence-corrected chi connectivity index (χ2v) is 4.68. The molecule has 4 heteroatoms. The molecule has 16 heavy (non-hydrogen) atoms. The molecule has 0 bridgehead atoms. The molecule has 2 aromatic rings. The zero-order chi connectivity index (χ0) is 11.2. The average Bonchev–Trinajstić information content (AvgIpc) is 2.58. The first-order chi connectivity index (χ1) is 7.66. The van der Waals surface area contributed by atoms with Crippen molar-refractivity contribution in [3.8, 4) is 0 Å². The zero-order valence-electron chi connectivity index (χ0n) is 9.27. The predicted molar refractivity (Wildman–Crippen MR) is 62.2 cm³/mol. The van der Waals surface area contributed by atoms with E-state index in [9.17, 15) is 5.11 Å². The summed E-state index contributed by atoms with van der Waals surface area (Å²) in [7, 11) is 1.98. The molecular formula is C12H15N3O. The highest BCUT2D eigenvalue weighted by molar-refractivity contribution is 5.76. The van der Waals surface area contributed by atoms with Crippen LogP contribution in [0.2, 0.25) is 0 Å². The van der Waals surface area contributed by atoms with Crippen molar-refractivity contribution >= 4 is 11.0 Å². The fourth-order valence-corrected chi connectivity index (χ4v) is 2.21. The minimum atomic E-state index is -0.553. The summed E-state index contributed by atoms with van der Waals surface area (Å²) >= 11 is 0. The van der Waals surface area contributed by atoms with Crippen LogP contribution in [0.5, 0.6) is 0 Å². The fraction of sp³-hybridized carbons (Fsp3) is 0.417. The Morgan fingerprint density at radius 3 is 3.00 bits per heavy atom. The van der Waals surface area contributed by atoms with E-state index in [1.54, 1.807) is 0 Å². The molecule has 1 aromatic carbocycles. The summed E-state index contributed by atoms with van der Waals surface area (Å²) in [5, 5.41) is 13.1. The van der Waals surface area contributed by atoms with Gasteiger partial charge < -0.3 is 15.0 Å². The van der Waals surface area contributed by atoms with Gasteiger partial charge in [-0.15, -0.1) is 0 Å². The molecule has 2 heterocycles. The Hall–Kier alpha value is -1.39. The lowest BCUT2D eigenvalue weighted by molar-refractivity contribution is -0.00899. The van der Waals surface area contributed by atoms with Crippen LogP contribution in [0.1, 0.15) is 5.56 Å². The van der Waals surface area contributed by atoms with Gasteiger partial charge in [-0.05, 0) is 17.7 Å². The van der Waals surface area contributed by atoms with Gasteiger partial charge >= 0.3 is 0 Å². The van der Waals surface area contributed by atoms with E-state index in [2.05, 4.69) is 28.5 Å². The number of rotatable bonds is 2. The molecule has 1 fully saturated rings. The van der Waals surface area contributed by atoms with Gasteiger partial charge in [-0.25, -0.2) is 4.98 Å². The van der Waals surface area contributed by atoms with Gasteiger partial charge in [0.05, 0.1) is 23.0 Å². The topological polar surface area (TPSA) is 50.1 Å². The Labute approximate surface area is 93.9 Å². The van der Waals surface area contributed by atoms with Gasteiger partial charge in [0.2, 0.25) is 0 Å². The highest BCUT2D eigenvalue weighted by atomic mass is 16.3. The number of nitrogens with one attached hydrogen (secondary N) is 1. The maximum Gasteiger partial charge on any atom is 0.0955 e. The van der Waals surface area contributed by atoms with Crippen LogP contribution < -0.4 is 5.32 Å². The summed E-state index contributed by atoms with van der Waals surface area (Å²) in [5.74, 6) is 0. The first kappa shape index (κ1) is 9.81. The number of fused-ring (bicyclic) bond motifs is 1. The molecule has 0 amide bonds. The van der Waals surface area contributed by atoms with Crippen LogP contribution in [0.25, 0.3) is 11.0 Å². The quantitative estimate of drug-likeness (QED) is 0.768. The minimum absolute atomic E-state index is 0.553. The van der Waals surface area contributed by atoms with Crippen molar-refractivity contribution in [3.05, 3.63) is 30.1 Å². The van der Waals surface area contributed by atoms with E-state index < -0.39 is 5.60 Å². The molecule has 3 rings (SSSR count). The molecular weight excluding hydrogens is 202 g/mol. The number of aryl methyl sites for hydroxylation is 1. The molecule has 1 aromatic heterocycles. The van der Waals surface area contributed by atoms with Crippen LogP contribution in [-0.2, 0) is 13.5 Å². The first-order valence-corrected chi connectivity index (χ1v) is 5.49. The third kappa shape index (κ3) is 1.50. The van der Waals surface area contributed by atoms with Crippen LogP contribution in [0.4, 0.5) is 0 Å². The van der Waals surface area contributed by atoms with E-state index >= 15 is 0 Å². The number of hydrogen-bond acceptors (Lipinski definition) is 3. The van der Waals surface area contributed by atoms with Crippen LogP contribution in [0.15, 0.2) is 24.5 Å². The van der Waals surface area contributed by atoms with Gasteiger partial charge in [-0.1, -0.05) is 6.07 Å². The lowest BCUT2D eigenvalue weighted by atomic mass is 9.89. The number of aliphatic hydroxyl groups is 1. The smallest absolute Gasteiger partial charge is 0.0955 e. The molecule has 4 nitrogen and oxygen atoms in total. The van der Waals surface area contributed by atoms with Gasteiger partial charge in [0.1, 0.15) is 0 Å². The van der Waals surface area contributed by atoms with Crippen LogP contribution in [-0.4, -0.2) is 33.3 Å². The molecule has 0 atom stereocenters. The first-order valence-electron chi connectivity index (χ1n) is 5.49. The molecule has 0 radical (unpaired) electrons. The summed E-state index contributed by atoms with van der Waals surface area (Å²) in [6.07, 6.45) is 2.51. The van der Waals surface area contributed by atoms with E-state index in [1.807, 2.05) is 17.9 Å². The third-order valence-corrected chi connectivity index (χ3v) is 3.23. The number of nitrogens with zero attached hydrogens (tertiary/aromatic N) is 2. The lowest BCUT2D eigenvalue weighted by Crippen LogP contribution is -2.60. The molecule has 1 aliphatic heterocycles. The van der Waals surface area contributed by atoms with Gasteiger partial charge in [0, 0.05) is 26.6 Å². The maximum absolute atomic E-state index is 10.1. The molecule has 2 N–H and O–H groups in total. The van der Waals surface area contributed by atoms with Crippen molar-refractivity contribution in [2.45, 2.75) is 12.0 Å². The summed E-state index contributed by atoms with van der Waals surface area (Å²) in [6, 6.07) is 6.19. The van der Waals surface area contributed by atoms with Crippen molar-refractivity contribution < 1.29 is 5.11 Å². The SMILES string of the molecule is Cn1cnc2cc(CC3(O)CNC3)ccc21. The molecule has 0 unspecified atom stereocenters. The largest absolute Gasteiger partial charge is 0.387 e. The third-order valence-electron chi connectivity index (χ3n) is 3.23. The van der Waals surface area contributed by atoms with Crippen molar-refractivity contribution in [2.24, 2.45) is 7.05 Å². The van der Waals surface area contributed by atoms with Crippen LogP contribution in [0.3, 0.4) is 0 Å². The molecule has 0 saturated carbocycles. The van der Waals surface area contributed by atoms with Gasteiger partial charge in [0.25, 0.3) is 0 Å². The molecule has 0 aliphatic carbocycles. The van der Waals surface area contributed by atoms with E-state index in [4.69, 9.17) is 0 Å². The summed E-state index contributed by atoms with van der Waals surface area (Å²) in [5.41, 5.74) is 2.72. The number of benzene rings is 1. The van der Waals surface area contributed by atoms with Crippen LogP contribution in [0, 0.1) is 0 Å². The van der Waals surface area contributed by atoms with Gasteiger partial charge in [-0.2, -0.15) is 0 Å². The Morgan fingerprint density at radius 2 is 2.31 bits per heavy atom. The van der Waals surface area contributed by atoms with E-state index in [0.29, 0.717) is 19.5 Å². The lowest BCUT2D eigenvalue weighted by Gasteiger charge is -2.37. The standard InChI is InChI=1S/C12H15N3O/c1-15-8-14-10-4-9(2-3-11(10)15)5-12(16)6-13-7-12/h2-4,8,13,16H,5-7H2,1H3. The highest BCUT2D eigenvalue weighted by Crippen LogP contribution is 2.20. The molecule has 84 valence electrons. The Bertz CT molecular complexity index is 528. The van der Waals surface area contributed by atoms with Crippen molar-refractivity contribution in [3.63, 3.8) is 0 Å². The summed E-state index contributed by atoms with van der Waals surface area (Å²) < 4.78 is 2.00. The second-order valence-electron chi connectivity index (χ2n) is 4.68. The van der Waals surface area contributed by atoms with Crippen molar-refractivity contribution in [2.75, 3.05) is 13.1 Å². The zero-order valence-corrected chi connectivity index (χ0v) is 9.27. The van der Waals surface area contributed by atoms with Crippen molar-refractivity contribution in [1.29, 1.82) is 0 Å². The predicted octanol–water partition coefficient (Wildman–Crippen LogP) is 0.450. The van der Waals surface area contributed by atoms with E-state index in [1.165, 1.54) is 0 Å². The molecule has 1 aliphatic rings. The van der Waals surface area contributed by atoms with E-state index in [0.717, 1.165) is 16.6 Å². The van der Waals surface area contributed by atoms with Gasteiger partial charge in [0.15, 0.2) is 0 Å². The maximum atomic E-state index is 10.1. The second kappa shape index (κ2) is 3.30. The number of β-amino-alcohol motifs (C(OH)–C–C–N with tert-alkyl or cyclic N) is 1. The normalized spacial score (nSPS) is 18.6. The monoisotopic (exact) mass is 217 g/mol. The van der Waals surface area contributed by atoms with Gasteiger partial charge in [-0.3, -0.25) is 0 Å². The molecule has 0 spiro atoms.